The fourth-order valence-corrected chi connectivity index (χ4v) is 1.32. The third kappa shape index (κ3) is 4.32. The molecule has 0 unspecified atom stereocenters. The average Bonchev–Trinajstić information content (AvgIpc) is 2.35. The second-order valence-electron chi connectivity index (χ2n) is 3.43. The summed E-state index contributed by atoms with van der Waals surface area (Å²) in [4.78, 5) is 11.5. The highest BCUT2D eigenvalue weighted by atomic mass is 16.5. The van der Waals surface area contributed by atoms with E-state index in [-0.39, 0.29) is 12.5 Å². The molecule has 0 radical (unpaired) electrons. The molecule has 17 heavy (non-hydrogen) atoms. The maximum absolute atomic E-state index is 11.5. The van der Waals surface area contributed by atoms with E-state index >= 15 is 0 Å². The van der Waals surface area contributed by atoms with Crippen molar-refractivity contribution < 1.29 is 14.3 Å². The maximum atomic E-state index is 11.5. The molecule has 0 spiro atoms. The van der Waals surface area contributed by atoms with Crippen LogP contribution in [0.4, 0.5) is 5.69 Å². The lowest BCUT2D eigenvalue weighted by Crippen LogP contribution is -2.27. The smallest absolute Gasteiger partial charge is 0.238 e. The highest BCUT2D eigenvalue weighted by Gasteiger charge is 2.05. The van der Waals surface area contributed by atoms with Gasteiger partial charge in [0.1, 0.15) is 11.5 Å². The molecule has 0 aliphatic carbocycles. The van der Waals surface area contributed by atoms with Gasteiger partial charge in [-0.2, -0.15) is 0 Å². The fourth-order valence-electron chi connectivity index (χ4n) is 1.32. The number of anilines is 1. The maximum Gasteiger partial charge on any atom is 0.238 e. The zero-order valence-electron chi connectivity index (χ0n) is 10.4. The van der Waals surface area contributed by atoms with Gasteiger partial charge in [0.2, 0.25) is 5.91 Å². The topological polar surface area (TPSA) is 59.6 Å². The van der Waals surface area contributed by atoms with Crippen molar-refractivity contribution in [3.05, 3.63) is 18.2 Å². The first-order chi connectivity index (χ1) is 8.19. The number of methoxy groups -OCH3 is 2. The van der Waals surface area contributed by atoms with Crippen molar-refractivity contribution in [1.82, 2.24) is 5.32 Å². The summed E-state index contributed by atoms with van der Waals surface area (Å²) in [6.07, 6.45) is 0. The fraction of sp³-hybridized carbons (Fsp3) is 0.417. The Kier molecular flexibility index (Phi) is 5.29. The van der Waals surface area contributed by atoms with E-state index in [4.69, 9.17) is 9.47 Å². The van der Waals surface area contributed by atoms with E-state index in [1.165, 1.54) is 0 Å². The van der Waals surface area contributed by atoms with Crippen molar-refractivity contribution in [2.24, 2.45) is 0 Å². The number of hydrogen-bond acceptors (Lipinski definition) is 4. The summed E-state index contributed by atoms with van der Waals surface area (Å²) in [5, 5.41) is 5.72. The van der Waals surface area contributed by atoms with Crippen molar-refractivity contribution in [2.75, 3.05) is 32.6 Å². The Bertz CT molecular complexity index is 358. The minimum atomic E-state index is -0.0952. The van der Waals surface area contributed by atoms with Crippen LogP contribution in [0.2, 0.25) is 0 Å². The van der Waals surface area contributed by atoms with Crippen LogP contribution in [-0.4, -0.2) is 33.2 Å². The quantitative estimate of drug-likeness (QED) is 0.783. The first kappa shape index (κ1) is 13.3. The lowest BCUT2D eigenvalue weighted by molar-refractivity contribution is -0.115. The number of benzene rings is 1. The Morgan fingerprint density at radius 2 is 1.76 bits per heavy atom. The molecular weight excluding hydrogens is 220 g/mol. The van der Waals surface area contributed by atoms with E-state index in [1.807, 2.05) is 6.92 Å². The molecule has 1 amide bonds. The molecule has 0 bridgehead atoms. The van der Waals surface area contributed by atoms with E-state index in [0.29, 0.717) is 17.2 Å². The molecule has 5 nitrogen and oxygen atoms in total. The molecule has 0 aliphatic heterocycles. The van der Waals surface area contributed by atoms with E-state index in [2.05, 4.69) is 10.6 Å². The number of carbonyl (C=O) groups excluding carboxylic acids is 1. The van der Waals surface area contributed by atoms with Gasteiger partial charge in [0, 0.05) is 23.9 Å². The van der Waals surface area contributed by atoms with Gasteiger partial charge < -0.3 is 20.1 Å². The molecule has 0 saturated carbocycles. The van der Waals surface area contributed by atoms with Crippen molar-refractivity contribution in [3.63, 3.8) is 0 Å². The van der Waals surface area contributed by atoms with Gasteiger partial charge in [0.05, 0.1) is 20.8 Å². The van der Waals surface area contributed by atoms with E-state index < -0.39 is 0 Å². The van der Waals surface area contributed by atoms with Crippen molar-refractivity contribution in [2.45, 2.75) is 6.92 Å². The molecule has 1 aromatic rings. The van der Waals surface area contributed by atoms with Crippen LogP contribution in [0.15, 0.2) is 18.2 Å². The Morgan fingerprint density at radius 1 is 1.18 bits per heavy atom. The largest absolute Gasteiger partial charge is 0.497 e. The number of rotatable bonds is 6. The van der Waals surface area contributed by atoms with Gasteiger partial charge in [-0.05, 0) is 6.54 Å². The van der Waals surface area contributed by atoms with Crippen LogP contribution in [0.1, 0.15) is 6.92 Å². The third-order valence-electron chi connectivity index (χ3n) is 2.17. The minimum absolute atomic E-state index is 0.0952. The van der Waals surface area contributed by atoms with Gasteiger partial charge in [-0.3, -0.25) is 4.79 Å². The van der Waals surface area contributed by atoms with Gasteiger partial charge in [-0.25, -0.2) is 0 Å². The molecular formula is C12H18N2O3. The first-order valence-electron chi connectivity index (χ1n) is 5.43. The Balaban J connectivity index is 2.72. The van der Waals surface area contributed by atoms with E-state index in [1.54, 1.807) is 32.4 Å². The summed E-state index contributed by atoms with van der Waals surface area (Å²) >= 11 is 0. The van der Waals surface area contributed by atoms with E-state index in [9.17, 15) is 4.79 Å². The molecule has 94 valence electrons. The molecule has 5 heteroatoms. The van der Waals surface area contributed by atoms with Crippen LogP contribution in [0.25, 0.3) is 0 Å². The predicted octanol–water partition coefficient (Wildman–Crippen LogP) is 1.25. The normalized spacial score (nSPS) is 9.82. The Morgan fingerprint density at radius 3 is 2.24 bits per heavy atom. The lowest BCUT2D eigenvalue weighted by atomic mass is 10.2. The van der Waals surface area contributed by atoms with Crippen molar-refractivity contribution in [1.29, 1.82) is 0 Å². The zero-order valence-corrected chi connectivity index (χ0v) is 10.4. The standard InChI is InChI=1S/C12H18N2O3/c1-4-13-8-12(15)14-9-5-10(16-2)7-11(6-9)17-3/h5-7,13H,4,8H2,1-3H3,(H,14,15). The minimum Gasteiger partial charge on any atom is -0.497 e. The summed E-state index contributed by atoms with van der Waals surface area (Å²) in [5.41, 5.74) is 0.657. The van der Waals surface area contributed by atoms with Crippen LogP contribution in [-0.2, 0) is 4.79 Å². The summed E-state index contributed by atoms with van der Waals surface area (Å²) in [6.45, 7) is 2.99. The highest BCUT2D eigenvalue weighted by Crippen LogP contribution is 2.25. The van der Waals surface area contributed by atoms with Crippen LogP contribution in [0, 0.1) is 0 Å². The second-order valence-corrected chi connectivity index (χ2v) is 3.43. The summed E-state index contributed by atoms with van der Waals surface area (Å²) in [5.74, 6) is 1.19. The molecule has 0 aliphatic rings. The number of nitrogens with one attached hydrogen (secondary N) is 2. The molecule has 0 aromatic heterocycles. The molecule has 0 fully saturated rings. The van der Waals surface area contributed by atoms with E-state index in [0.717, 1.165) is 6.54 Å². The average molecular weight is 238 g/mol. The van der Waals surface area contributed by atoms with Gasteiger partial charge in [0.15, 0.2) is 0 Å². The monoisotopic (exact) mass is 238 g/mol. The Hall–Kier alpha value is -1.75. The molecule has 2 N–H and O–H groups in total. The third-order valence-corrected chi connectivity index (χ3v) is 2.17. The summed E-state index contributed by atoms with van der Waals surface area (Å²) in [7, 11) is 3.14. The number of carbonyl (C=O) groups is 1. The van der Waals surface area contributed by atoms with Gasteiger partial charge in [-0.1, -0.05) is 6.92 Å². The lowest BCUT2D eigenvalue weighted by Gasteiger charge is -2.09. The molecule has 0 atom stereocenters. The van der Waals surface area contributed by atoms with Crippen LogP contribution in [0.5, 0.6) is 11.5 Å². The van der Waals surface area contributed by atoms with Gasteiger partial charge in [0.25, 0.3) is 0 Å². The zero-order chi connectivity index (χ0) is 12.7. The number of hydrogen-bond donors (Lipinski definition) is 2. The van der Waals surface area contributed by atoms with Crippen molar-refractivity contribution in [3.8, 4) is 11.5 Å². The Labute approximate surface area is 101 Å². The molecule has 0 heterocycles. The van der Waals surface area contributed by atoms with Crippen LogP contribution in [0.3, 0.4) is 0 Å². The van der Waals surface area contributed by atoms with Gasteiger partial charge >= 0.3 is 0 Å². The second kappa shape index (κ2) is 6.75. The molecule has 0 saturated heterocycles. The molecule has 1 rings (SSSR count). The number of amides is 1. The number of ether oxygens (including phenoxy) is 2. The first-order valence-corrected chi connectivity index (χ1v) is 5.43. The summed E-state index contributed by atoms with van der Waals surface area (Å²) < 4.78 is 10.2. The number of likely N-dealkylation sites (N-methyl/N-ethyl adjacent to an activating group) is 1. The predicted molar refractivity (Wildman–Crippen MR) is 66.7 cm³/mol. The summed E-state index contributed by atoms with van der Waals surface area (Å²) in [6, 6.07) is 5.23. The highest BCUT2D eigenvalue weighted by molar-refractivity contribution is 5.92. The van der Waals surface area contributed by atoms with Gasteiger partial charge in [-0.15, -0.1) is 0 Å². The molecule has 1 aromatic carbocycles. The van der Waals surface area contributed by atoms with Crippen LogP contribution < -0.4 is 20.1 Å². The van der Waals surface area contributed by atoms with Crippen molar-refractivity contribution >= 4 is 11.6 Å². The SMILES string of the molecule is CCNCC(=O)Nc1cc(OC)cc(OC)c1. The van der Waals surface area contributed by atoms with Crippen LogP contribution >= 0.6 is 0 Å².